The molecule has 0 bridgehead atoms. The van der Waals surface area contributed by atoms with Crippen molar-refractivity contribution >= 4 is 27.5 Å². The molecular weight excluding hydrogens is 386 g/mol. The van der Waals surface area contributed by atoms with Crippen LogP contribution in [0.25, 0.3) is 0 Å². The molecule has 0 spiro atoms. The molecule has 10 heteroatoms. The van der Waals surface area contributed by atoms with Crippen molar-refractivity contribution in [1.29, 1.82) is 0 Å². The standard InChI is InChI=1S/C17H31N5O3S2/c1-5-7-9-22-16(14(6-2)21(3)4)19-20-17(22)26-11-15(23)18-13-8-10-27(24,25)12-13/h13-14H,5-12H2,1-4H3,(H,18,23)/t13-,14+/m0/s1. The summed E-state index contributed by atoms with van der Waals surface area (Å²) in [6.45, 7) is 5.09. The van der Waals surface area contributed by atoms with Gasteiger partial charge < -0.3 is 9.88 Å². The number of nitrogens with zero attached hydrogens (tertiary/aromatic N) is 4. The number of amides is 1. The van der Waals surface area contributed by atoms with Crippen LogP contribution < -0.4 is 5.32 Å². The zero-order valence-electron chi connectivity index (χ0n) is 16.6. The van der Waals surface area contributed by atoms with Crippen LogP contribution in [0, 0.1) is 0 Å². The molecule has 0 saturated carbocycles. The maximum absolute atomic E-state index is 12.2. The predicted molar refractivity (Wildman–Crippen MR) is 108 cm³/mol. The van der Waals surface area contributed by atoms with Gasteiger partial charge in [0.2, 0.25) is 5.91 Å². The third-order valence-corrected chi connectivity index (χ3v) is 7.45. The highest BCUT2D eigenvalue weighted by molar-refractivity contribution is 7.99. The average Bonchev–Trinajstić information content (AvgIpc) is 3.14. The van der Waals surface area contributed by atoms with Crippen molar-refractivity contribution in [2.45, 2.75) is 63.3 Å². The molecule has 27 heavy (non-hydrogen) atoms. The lowest BCUT2D eigenvalue weighted by molar-refractivity contribution is -0.119. The van der Waals surface area contributed by atoms with Gasteiger partial charge in [-0.1, -0.05) is 32.0 Å². The molecule has 154 valence electrons. The topological polar surface area (TPSA) is 97.2 Å². The highest BCUT2D eigenvalue weighted by atomic mass is 32.2. The largest absolute Gasteiger partial charge is 0.352 e. The van der Waals surface area contributed by atoms with Gasteiger partial charge in [-0.05, 0) is 33.4 Å². The molecule has 1 aliphatic rings. The fraction of sp³-hybridized carbons (Fsp3) is 0.824. The monoisotopic (exact) mass is 417 g/mol. The van der Waals surface area contributed by atoms with E-state index in [1.54, 1.807) is 0 Å². The van der Waals surface area contributed by atoms with Crippen molar-refractivity contribution in [1.82, 2.24) is 25.0 Å². The van der Waals surface area contributed by atoms with Crippen LogP contribution in [0.5, 0.6) is 0 Å². The first-order valence-corrected chi connectivity index (χ1v) is 12.3. The predicted octanol–water partition coefficient (Wildman–Crippen LogP) is 1.49. The van der Waals surface area contributed by atoms with Crippen LogP contribution in [0.2, 0.25) is 0 Å². The number of hydrogen-bond acceptors (Lipinski definition) is 7. The molecule has 0 radical (unpaired) electrons. The lowest BCUT2D eigenvalue weighted by Gasteiger charge is -2.23. The molecule has 1 saturated heterocycles. The molecule has 2 atom stereocenters. The minimum absolute atomic E-state index is 0.0429. The zero-order chi connectivity index (χ0) is 20.0. The van der Waals surface area contributed by atoms with Crippen molar-refractivity contribution in [3.8, 4) is 0 Å². The summed E-state index contributed by atoms with van der Waals surface area (Å²) in [6.07, 6.45) is 3.51. The second kappa shape index (κ2) is 9.88. The van der Waals surface area contributed by atoms with Gasteiger partial charge in [0.05, 0.1) is 23.3 Å². The molecule has 2 rings (SSSR count). The fourth-order valence-corrected chi connectivity index (χ4v) is 5.72. The number of aromatic nitrogens is 3. The van der Waals surface area contributed by atoms with Crippen LogP contribution in [0.1, 0.15) is 51.4 Å². The number of unbranched alkanes of at least 4 members (excludes halogenated alkanes) is 1. The van der Waals surface area contributed by atoms with Gasteiger partial charge in [-0.2, -0.15) is 0 Å². The Morgan fingerprint density at radius 1 is 1.37 bits per heavy atom. The van der Waals surface area contributed by atoms with Gasteiger partial charge in [0, 0.05) is 12.6 Å². The van der Waals surface area contributed by atoms with Crippen molar-refractivity contribution in [3.05, 3.63) is 5.82 Å². The van der Waals surface area contributed by atoms with E-state index in [-0.39, 0.29) is 35.2 Å². The first-order valence-electron chi connectivity index (χ1n) is 9.49. The smallest absolute Gasteiger partial charge is 0.230 e. The van der Waals surface area contributed by atoms with Crippen LogP contribution in [-0.4, -0.2) is 71.4 Å². The second-order valence-corrected chi connectivity index (χ2v) is 10.4. The molecule has 0 aliphatic carbocycles. The lowest BCUT2D eigenvalue weighted by atomic mass is 10.2. The van der Waals surface area contributed by atoms with Crippen LogP contribution in [0.4, 0.5) is 0 Å². The molecule has 0 unspecified atom stereocenters. The Balaban J connectivity index is 2.02. The van der Waals surface area contributed by atoms with Crippen molar-refractivity contribution in [2.75, 3.05) is 31.4 Å². The number of thioether (sulfide) groups is 1. The highest BCUT2D eigenvalue weighted by Gasteiger charge is 2.29. The summed E-state index contributed by atoms with van der Waals surface area (Å²) in [5.74, 6) is 1.18. The van der Waals surface area contributed by atoms with E-state index in [0.29, 0.717) is 6.42 Å². The third kappa shape index (κ3) is 6.18. The van der Waals surface area contributed by atoms with E-state index in [4.69, 9.17) is 0 Å². The van der Waals surface area contributed by atoms with E-state index < -0.39 is 9.84 Å². The molecule has 1 N–H and O–H groups in total. The van der Waals surface area contributed by atoms with Gasteiger partial charge in [-0.3, -0.25) is 9.69 Å². The zero-order valence-corrected chi connectivity index (χ0v) is 18.3. The summed E-state index contributed by atoms with van der Waals surface area (Å²) in [4.78, 5) is 14.4. The van der Waals surface area contributed by atoms with E-state index in [0.717, 1.165) is 36.8 Å². The van der Waals surface area contributed by atoms with Gasteiger partial charge in [-0.15, -0.1) is 10.2 Å². The molecular formula is C17H31N5O3S2. The number of sulfone groups is 1. The molecule has 2 heterocycles. The Kier molecular flexibility index (Phi) is 8.11. The van der Waals surface area contributed by atoms with Gasteiger partial charge in [0.15, 0.2) is 20.8 Å². The molecule has 1 fully saturated rings. The van der Waals surface area contributed by atoms with Crippen molar-refractivity contribution in [2.24, 2.45) is 0 Å². The first-order chi connectivity index (χ1) is 12.8. The SMILES string of the molecule is CCCCn1c(SCC(=O)N[C@H]2CCS(=O)(=O)C2)nnc1[C@@H](CC)N(C)C. The Labute approximate surface area is 166 Å². The Morgan fingerprint density at radius 3 is 2.67 bits per heavy atom. The average molecular weight is 418 g/mol. The second-order valence-electron chi connectivity index (χ2n) is 7.19. The quantitative estimate of drug-likeness (QED) is 0.576. The highest BCUT2D eigenvalue weighted by Crippen LogP contribution is 2.25. The van der Waals surface area contributed by atoms with Gasteiger partial charge in [-0.25, -0.2) is 8.42 Å². The number of nitrogens with one attached hydrogen (secondary N) is 1. The summed E-state index contributed by atoms with van der Waals surface area (Å²) >= 11 is 1.36. The molecule has 8 nitrogen and oxygen atoms in total. The van der Waals surface area contributed by atoms with Gasteiger partial charge in [0.1, 0.15) is 0 Å². The van der Waals surface area contributed by atoms with E-state index in [1.807, 2.05) is 14.1 Å². The van der Waals surface area contributed by atoms with Gasteiger partial charge >= 0.3 is 0 Å². The normalized spacial score (nSPS) is 20.1. The van der Waals surface area contributed by atoms with Crippen molar-refractivity contribution < 1.29 is 13.2 Å². The van der Waals surface area contributed by atoms with Crippen LogP contribution >= 0.6 is 11.8 Å². The van der Waals surface area contributed by atoms with E-state index in [9.17, 15) is 13.2 Å². The fourth-order valence-electron chi connectivity index (χ4n) is 3.27. The maximum atomic E-state index is 12.2. The molecule has 1 aromatic rings. The number of carbonyl (C=O) groups is 1. The summed E-state index contributed by atoms with van der Waals surface area (Å²) in [7, 11) is 1.07. The van der Waals surface area contributed by atoms with E-state index >= 15 is 0 Å². The molecule has 1 amide bonds. The summed E-state index contributed by atoms with van der Waals surface area (Å²) in [5, 5.41) is 12.3. The molecule has 1 aromatic heterocycles. The minimum Gasteiger partial charge on any atom is -0.352 e. The summed E-state index contributed by atoms with van der Waals surface area (Å²) < 4.78 is 25.2. The summed E-state index contributed by atoms with van der Waals surface area (Å²) in [6, 6.07) is -0.0870. The lowest BCUT2D eigenvalue weighted by Crippen LogP contribution is -2.36. The Hall–Kier alpha value is -1.13. The number of rotatable bonds is 10. The molecule has 1 aliphatic heterocycles. The minimum atomic E-state index is -3.00. The van der Waals surface area contributed by atoms with Crippen LogP contribution in [-0.2, 0) is 21.2 Å². The Morgan fingerprint density at radius 2 is 2.11 bits per heavy atom. The van der Waals surface area contributed by atoms with E-state index in [1.165, 1.54) is 11.8 Å². The third-order valence-electron chi connectivity index (χ3n) is 4.72. The van der Waals surface area contributed by atoms with E-state index in [2.05, 4.69) is 38.8 Å². The van der Waals surface area contributed by atoms with Gasteiger partial charge in [0.25, 0.3) is 0 Å². The number of carbonyl (C=O) groups excluding carboxylic acids is 1. The number of hydrogen-bond donors (Lipinski definition) is 1. The summed E-state index contributed by atoms with van der Waals surface area (Å²) in [5.41, 5.74) is 0. The van der Waals surface area contributed by atoms with Crippen LogP contribution in [0.3, 0.4) is 0 Å². The maximum Gasteiger partial charge on any atom is 0.230 e. The van der Waals surface area contributed by atoms with Crippen molar-refractivity contribution in [3.63, 3.8) is 0 Å². The Bertz CT molecular complexity index is 733. The van der Waals surface area contributed by atoms with Crippen LogP contribution in [0.15, 0.2) is 5.16 Å². The molecule has 0 aromatic carbocycles. The first kappa shape index (κ1) is 22.2.